The zero-order valence-corrected chi connectivity index (χ0v) is 23.0. The molecule has 2 aromatic carbocycles. The van der Waals surface area contributed by atoms with Crippen molar-refractivity contribution in [1.82, 2.24) is 0 Å². The molecule has 3 saturated carbocycles. The van der Waals surface area contributed by atoms with Gasteiger partial charge in [-0.05, 0) is 123 Å². The standard InChI is InChI=1S/C32H39ClF4O/c1-20-2-4-23(5-3-20)25-12-16-28(30(34)18-25)24-8-6-21(7-9-24)22-10-13-26(14-11-22)32(36,37)38-27-15-17-29(33)31(35)19-27/h12,15-24,26H,2-11,13-14H2,1H3. The molecule has 0 spiro atoms. The van der Waals surface area contributed by atoms with E-state index >= 15 is 4.39 Å². The van der Waals surface area contributed by atoms with E-state index in [2.05, 4.69) is 13.0 Å². The summed E-state index contributed by atoms with van der Waals surface area (Å²) in [5, 5.41) is -0.121. The summed E-state index contributed by atoms with van der Waals surface area (Å²) in [5.41, 5.74) is 2.01. The molecule has 0 unspecified atom stereocenters. The Kier molecular flexibility index (Phi) is 8.62. The number of hydrogen-bond donors (Lipinski definition) is 0. The van der Waals surface area contributed by atoms with Gasteiger partial charge in [-0.3, -0.25) is 0 Å². The number of hydrogen-bond acceptors (Lipinski definition) is 1. The van der Waals surface area contributed by atoms with Crippen LogP contribution in [-0.4, -0.2) is 6.11 Å². The van der Waals surface area contributed by atoms with Gasteiger partial charge in [0.1, 0.15) is 17.4 Å². The lowest BCUT2D eigenvalue weighted by molar-refractivity contribution is -0.224. The Morgan fingerprint density at radius 1 is 0.711 bits per heavy atom. The quantitative estimate of drug-likeness (QED) is 0.325. The summed E-state index contributed by atoms with van der Waals surface area (Å²) in [6.07, 6.45) is 7.68. The maximum Gasteiger partial charge on any atom is 0.400 e. The molecule has 0 saturated heterocycles. The van der Waals surface area contributed by atoms with Gasteiger partial charge in [0.2, 0.25) is 0 Å². The summed E-state index contributed by atoms with van der Waals surface area (Å²) in [7, 11) is 0. The first-order valence-corrected chi connectivity index (χ1v) is 14.9. The van der Waals surface area contributed by atoms with Crippen LogP contribution in [0.2, 0.25) is 5.02 Å². The third kappa shape index (κ3) is 6.35. The van der Waals surface area contributed by atoms with Crippen LogP contribution < -0.4 is 4.74 Å². The third-order valence-electron chi connectivity index (χ3n) is 9.78. The second-order valence-electron chi connectivity index (χ2n) is 12.2. The fourth-order valence-electron chi connectivity index (χ4n) is 7.33. The predicted molar refractivity (Wildman–Crippen MR) is 144 cm³/mol. The van der Waals surface area contributed by atoms with Gasteiger partial charge in [0.25, 0.3) is 0 Å². The molecule has 6 heteroatoms. The van der Waals surface area contributed by atoms with Crippen molar-refractivity contribution in [2.75, 3.05) is 0 Å². The van der Waals surface area contributed by atoms with Crippen molar-refractivity contribution < 1.29 is 22.3 Å². The van der Waals surface area contributed by atoms with E-state index in [1.807, 2.05) is 6.07 Å². The summed E-state index contributed by atoms with van der Waals surface area (Å²) < 4.78 is 63.4. The van der Waals surface area contributed by atoms with Crippen LogP contribution in [0.4, 0.5) is 17.6 Å². The lowest BCUT2D eigenvalue weighted by Gasteiger charge is -2.39. The molecule has 3 aliphatic rings. The second kappa shape index (κ2) is 11.8. The molecule has 3 fully saturated rings. The van der Waals surface area contributed by atoms with Crippen molar-refractivity contribution in [2.24, 2.45) is 23.7 Å². The first kappa shape index (κ1) is 27.8. The Bertz CT molecular complexity index is 1080. The van der Waals surface area contributed by atoms with Gasteiger partial charge in [-0.1, -0.05) is 43.5 Å². The Balaban J connectivity index is 1.11. The zero-order valence-electron chi connectivity index (χ0n) is 22.2. The molecule has 2 aromatic rings. The van der Waals surface area contributed by atoms with Crippen molar-refractivity contribution >= 4 is 11.6 Å². The average molecular weight is 551 g/mol. The summed E-state index contributed by atoms with van der Waals surface area (Å²) in [4.78, 5) is 0. The molecule has 1 nitrogen and oxygen atoms in total. The minimum atomic E-state index is -3.34. The van der Waals surface area contributed by atoms with Crippen LogP contribution in [0.15, 0.2) is 36.4 Å². The van der Waals surface area contributed by atoms with E-state index in [4.69, 9.17) is 16.3 Å². The number of benzene rings is 2. The molecule has 0 aliphatic heterocycles. The van der Waals surface area contributed by atoms with E-state index in [-0.39, 0.29) is 22.5 Å². The first-order chi connectivity index (χ1) is 18.2. The van der Waals surface area contributed by atoms with Crippen molar-refractivity contribution in [1.29, 1.82) is 0 Å². The third-order valence-corrected chi connectivity index (χ3v) is 10.1. The molecule has 0 radical (unpaired) electrons. The van der Waals surface area contributed by atoms with Crippen molar-refractivity contribution in [3.05, 3.63) is 64.2 Å². The highest BCUT2D eigenvalue weighted by Crippen LogP contribution is 2.47. The molecule has 38 heavy (non-hydrogen) atoms. The Labute approximate surface area is 229 Å². The summed E-state index contributed by atoms with van der Waals surface area (Å²) in [6, 6.07) is 9.40. The van der Waals surface area contributed by atoms with E-state index in [0.717, 1.165) is 74.5 Å². The van der Waals surface area contributed by atoms with Crippen LogP contribution in [0, 0.1) is 35.3 Å². The smallest absolute Gasteiger partial charge is 0.400 e. The summed E-state index contributed by atoms with van der Waals surface area (Å²) in [5.74, 6) is 0.564. The molecular weight excluding hydrogens is 512 g/mol. The first-order valence-electron chi connectivity index (χ1n) is 14.5. The molecular formula is C32H39ClF4O. The van der Waals surface area contributed by atoms with E-state index in [1.54, 1.807) is 6.07 Å². The lowest BCUT2D eigenvalue weighted by Crippen LogP contribution is -2.38. The second-order valence-corrected chi connectivity index (χ2v) is 12.6. The van der Waals surface area contributed by atoms with Crippen LogP contribution in [0.1, 0.15) is 107 Å². The van der Waals surface area contributed by atoms with Crippen LogP contribution in [0.5, 0.6) is 5.75 Å². The van der Waals surface area contributed by atoms with Crippen LogP contribution in [0.25, 0.3) is 0 Å². The van der Waals surface area contributed by atoms with Gasteiger partial charge in [-0.15, -0.1) is 0 Å². The molecule has 0 heterocycles. The molecule has 0 aromatic heterocycles. The number of ether oxygens (including phenoxy) is 1. The van der Waals surface area contributed by atoms with Gasteiger partial charge in [0.15, 0.2) is 0 Å². The molecule has 208 valence electrons. The lowest BCUT2D eigenvalue weighted by atomic mass is 9.68. The Hall–Kier alpha value is -1.75. The highest BCUT2D eigenvalue weighted by Gasteiger charge is 2.45. The highest BCUT2D eigenvalue weighted by atomic mass is 35.5. The maximum atomic E-state index is 15.2. The fraction of sp³-hybridized carbons (Fsp3) is 0.625. The molecule has 5 rings (SSSR count). The molecule has 0 amide bonds. The van der Waals surface area contributed by atoms with Gasteiger partial charge >= 0.3 is 6.11 Å². The Morgan fingerprint density at radius 2 is 1.32 bits per heavy atom. The SMILES string of the molecule is CC1CCC(c2ccc(C3CCC(C4CCC(C(F)(F)Oc5ccc(Cl)c(F)c5)CC4)CC3)c(F)c2)CC1. The Morgan fingerprint density at radius 3 is 1.92 bits per heavy atom. The van der Waals surface area contributed by atoms with E-state index in [0.29, 0.717) is 30.6 Å². The topological polar surface area (TPSA) is 9.23 Å². The van der Waals surface area contributed by atoms with Crippen molar-refractivity contribution in [2.45, 2.75) is 102 Å². The fourth-order valence-corrected chi connectivity index (χ4v) is 7.45. The van der Waals surface area contributed by atoms with E-state index < -0.39 is 17.8 Å². The van der Waals surface area contributed by atoms with Crippen LogP contribution in [0.3, 0.4) is 0 Å². The van der Waals surface area contributed by atoms with E-state index in [9.17, 15) is 13.2 Å². The molecule has 3 aliphatic carbocycles. The largest absolute Gasteiger partial charge is 0.432 e. The zero-order chi connectivity index (χ0) is 26.9. The number of halogens is 5. The monoisotopic (exact) mass is 550 g/mol. The molecule has 0 bridgehead atoms. The highest BCUT2D eigenvalue weighted by molar-refractivity contribution is 6.30. The summed E-state index contributed by atoms with van der Waals surface area (Å²) >= 11 is 5.64. The number of alkyl halides is 2. The van der Waals surface area contributed by atoms with Gasteiger partial charge in [-0.2, -0.15) is 8.78 Å². The maximum absolute atomic E-state index is 15.2. The van der Waals surface area contributed by atoms with Gasteiger partial charge in [0, 0.05) is 6.07 Å². The van der Waals surface area contributed by atoms with Gasteiger partial charge in [0.05, 0.1) is 10.9 Å². The predicted octanol–water partition coefficient (Wildman–Crippen LogP) is 10.7. The van der Waals surface area contributed by atoms with E-state index in [1.165, 1.54) is 25.0 Å². The van der Waals surface area contributed by atoms with Crippen LogP contribution in [-0.2, 0) is 0 Å². The van der Waals surface area contributed by atoms with Gasteiger partial charge < -0.3 is 4.74 Å². The van der Waals surface area contributed by atoms with Crippen molar-refractivity contribution in [3.8, 4) is 5.75 Å². The van der Waals surface area contributed by atoms with Crippen LogP contribution >= 0.6 is 11.6 Å². The number of rotatable bonds is 6. The molecule has 0 atom stereocenters. The van der Waals surface area contributed by atoms with Crippen molar-refractivity contribution in [3.63, 3.8) is 0 Å². The summed E-state index contributed by atoms with van der Waals surface area (Å²) in [6.45, 7) is 2.30. The minimum Gasteiger partial charge on any atom is -0.432 e. The van der Waals surface area contributed by atoms with Gasteiger partial charge in [-0.25, -0.2) is 8.78 Å². The average Bonchev–Trinajstić information content (AvgIpc) is 2.91. The normalized spacial score (nSPS) is 30.7. The minimum absolute atomic E-state index is 0.0483. The molecule has 0 N–H and O–H groups in total.